The maximum absolute atomic E-state index is 9.23. The highest BCUT2D eigenvalue weighted by Crippen LogP contribution is 2.46. The standard InChI is InChI=1S/C11H17NO/c1-10(9-13-10)7-11(8-12)5-3-2-4-6-11/h2-7,9H2,1H3. The average molecular weight is 179 g/mol. The molecule has 1 unspecified atom stereocenters. The summed E-state index contributed by atoms with van der Waals surface area (Å²) in [6.07, 6.45) is 6.88. The lowest BCUT2D eigenvalue weighted by Crippen LogP contribution is -2.28. The van der Waals surface area contributed by atoms with Crippen molar-refractivity contribution >= 4 is 0 Å². The van der Waals surface area contributed by atoms with Gasteiger partial charge in [0.2, 0.25) is 0 Å². The van der Waals surface area contributed by atoms with Gasteiger partial charge in [-0.2, -0.15) is 5.26 Å². The number of hydrogen-bond donors (Lipinski definition) is 0. The molecule has 13 heavy (non-hydrogen) atoms. The Morgan fingerprint density at radius 3 is 2.38 bits per heavy atom. The normalized spacial score (nSPS) is 36.6. The van der Waals surface area contributed by atoms with Crippen molar-refractivity contribution in [3.05, 3.63) is 0 Å². The zero-order chi connectivity index (χ0) is 9.36. The van der Waals surface area contributed by atoms with E-state index in [-0.39, 0.29) is 11.0 Å². The minimum Gasteiger partial charge on any atom is -0.370 e. The fourth-order valence-corrected chi connectivity index (χ4v) is 2.50. The summed E-state index contributed by atoms with van der Waals surface area (Å²) in [5.41, 5.74) is -0.00340. The first-order valence-electron chi connectivity index (χ1n) is 5.23. The summed E-state index contributed by atoms with van der Waals surface area (Å²) < 4.78 is 5.37. The topological polar surface area (TPSA) is 36.3 Å². The monoisotopic (exact) mass is 179 g/mol. The molecule has 2 aliphatic rings. The Morgan fingerprint density at radius 2 is 1.92 bits per heavy atom. The second-order valence-electron chi connectivity index (χ2n) is 4.87. The van der Waals surface area contributed by atoms with Crippen molar-refractivity contribution < 1.29 is 4.74 Å². The lowest BCUT2D eigenvalue weighted by molar-refractivity contribution is 0.180. The lowest BCUT2D eigenvalue weighted by atomic mass is 9.70. The molecule has 2 fully saturated rings. The maximum atomic E-state index is 9.23. The van der Waals surface area contributed by atoms with E-state index >= 15 is 0 Å². The van der Waals surface area contributed by atoms with Crippen LogP contribution in [0.5, 0.6) is 0 Å². The van der Waals surface area contributed by atoms with E-state index in [1.165, 1.54) is 19.3 Å². The lowest BCUT2D eigenvalue weighted by Gasteiger charge is -2.31. The van der Waals surface area contributed by atoms with Crippen molar-refractivity contribution in [3.63, 3.8) is 0 Å². The second-order valence-corrected chi connectivity index (χ2v) is 4.87. The number of rotatable bonds is 2. The van der Waals surface area contributed by atoms with Crippen LogP contribution in [0.25, 0.3) is 0 Å². The minimum absolute atomic E-state index is 0.0487. The SMILES string of the molecule is CC1(CC2(C#N)CCCCC2)CO1. The van der Waals surface area contributed by atoms with Gasteiger partial charge in [0.05, 0.1) is 23.7 Å². The summed E-state index contributed by atoms with van der Waals surface area (Å²) >= 11 is 0. The van der Waals surface area contributed by atoms with E-state index in [9.17, 15) is 5.26 Å². The molecule has 1 saturated carbocycles. The molecule has 0 aromatic carbocycles. The predicted molar refractivity (Wildman–Crippen MR) is 50.1 cm³/mol. The molecule has 1 atom stereocenters. The van der Waals surface area contributed by atoms with E-state index in [0.29, 0.717) is 0 Å². The number of nitriles is 1. The molecular formula is C11H17NO. The Hall–Kier alpha value is -0.550. The largest absolute Gasteiger partial charge is 0.370 e. The summed E-state index contributed by atoms with van der Waals surface area (Å²) in [5.74, 6) is 0. The van der Waals surface area contributed by atoms with Crippen molar-refractivity contribution in [2.24, 2.45) is 5.41 Å². The zero-order valence-electron chi connectivity index (χ0n) is 8.31. The van der Waals surface area contributed by atoms with Gasteiger partial charge in [-0.3, -0.25) is 0 Å². The molecule has 2 nitrogen and oxygen atoms in total. The van der Waals surface area contributed by atoms with Crippen LogP contribution in [0.15, 0.2) is 0 Å². The first-order chi connectivity index (χ1) is 6.18. The number of ether oxygens (including phenoxy) is 1. The first kappa shape index (κ1) is 9.02. The maximum Gasteiger partial charge on any atom is 0.0903 e. The van der Waals surface area contributed by atoms with Crippen molar-refractivity contribution in [1.82, 2.24) is 0 Å². The van der Waals surface area contributed by atoms with E-state index in [1.54, 1.807) is 0 Å². The van der Waals surface area contributed by atoms with E-state index in [0.717, 1.165) is 25.9 Å². The molecule has 0 aromatic heterocycles. The van der Waals surface area contributed by atoms with Crippen molar-refractivity contribution in [2.75, 3.05) is 6.61 Å². The fourth-order valence-electron chi connectivity index (χ4n) is 2.50. The third-order valence-corrected chi connectivity index (χ3v) is 3.40. The summed E-state index contributed by atoms with van der Waals surface area (Å²) in [6, 6.07) is 2.53. The van der Waals surface area contributed by atoms with E-state index in [2.05, 4.69) is 13.0 Å². The number of epoxide rings is 1. The molecule has 0 amide bonds. The molecule has 0 radical (unpaired) electrons. The van der Waals surface area contributed by atoms with Gasteiger partial charge >= 0.3 is 0 Å². The molecule has 1 saturated heterocycles. The quantitative estimate of drug-likeness (QED) is 0.611. The van der Waals surface area contributed by atoms with Crippen LogP contribution in [0.2, 0.25) is 0 Å². The molecule has 0 aromatic rings. The first-order valence-corrected chi connectivity index (χ1v) is 5.23. The van der Waals surface area contributed by atoms with Gasteiger partial charge in [0.1, 0.15) is 0 Å². The van der Waals surface area contributed by atoms with Crippen LogP contribution in [-0.4, -0.2) is 12.2 Å². The molecule has 1 aliphatic heterocycles. The number of hydrogen-bond acceptors (Lipinski definition) is 2. The highest BCUT2D eigenvalue weighted by Gasteiger charge is 2.47. The van der Waals surface area contributed by atoms with Crippen LogP contribution < -0.4 is 0 Å². The van der Waals surface area contributed by atoms with Gasteiger partial charge in [-0.1, -0.05) is 19.3 Å². The van der Waals surface area contributed by atoms with Crippen LogP contribution in [0, 0.1) is 16.7 Å². The molecule has 0 spiro atoms. The van der Waals surface area contributed by atoms with Gasteiger partial charge in [-0.25, -0.2) is 0 Å². The Labute approximate surface area is 79.9 Å². The van der Waals surface area contributed by atoms with Gasteiger partial charge in [-0.05, 0) is 26.2 Å². The molecule has 2 heteroatoms. The highest BCUT2D eigenvalue weighted by molar-refractivity contribution is 5.06. The smallest absolute Gasteiger partial charge is 0.0903 e. The van der Waals surface area contributed by atoms with Crippen molar-refractivity contribution in [2.45, 2.75) is 51.0 Å². The summed E-state index contributed by atoms with van der Waals surface area (Å²) in [7, 11) is 0. The number of nitrogens with zero attached hydrogens (tertiary/aromatic N) is 1. The Balaban J connectivity index is 2.02. The predicted octanol–water partition coefficient (Wildman–Crippen LogP) is 2.64. The summed E-state index contributed by atoms with van der Waals surface area (Å²) in [4.78, 5) is 0. The van der Waals surface area contributed by atoms with Gasteiger partial charge in [0, 0.05) is 0 Å². The molecular weight excluding hydrogens is 162 g/mol. The Bertz CT molecular complexity index is 231. The fraction of sp³-hybridized carbons (Fsp3) is 0.909. The molecule has 1 aliphatic carbocycles. The van der Waals surface area contributed by atoms with Crippen LogP contribution in [-0.2, 0) is 4.74 Å². The van der Waals surface area contributed by atoms with Gasteiger partial charge in [-0.15, -0.1) is 0 Å². The third-order valence-electron chi connectivity index (χ3n) is 3.40. The zero-order valence-corrected chi connectivity index (χ0v) is 8.31. The highest BCUT2D eigenvalue weighted by atomic mass is 16.6. The van der Waals surface area contributed by atoms with Gasteiger partial charge in [0.25, 0.3) is 0 Å². The molecule has 0 N–H and O–H groups in total. The molecule has 0 bridgehead atoms. The average Bonchev–Trinajstić information content (AvgIpc) is 2.85. The van der Waals surface area contributed by atoms with Crippen molar-refractivity contribution in [3.8, 4) is 6.07 Å². The molecule has 72 valence electrons. The van der Waals surface area contributed by atoms with E-state index < -0.39 is 0 Å². The van der Waals surface area contributed by atoms with E-state index in [1.807, 2.05) is 0 Å². The van der Waals surface area contributed by atoms with Gasteiger partial charge < -0.3 is 4.74 Å². The second kappa shape index (κ2) is 2.99. The summed E-state index contributed by atoms with van der Waals surface area (Å²) in [5, 5.41) is 9.23. The Morgan fingerprint density at radius 1 is 1.31 bits per heavy atom. The van der Waals surface area contributed by atoms with Crippen LogP contribution in [0.3, 0.4) is 0 Å². The van der Waals surface area contributed by atoms with Crippen LogP contribution in [0.1, 0.15) is 45.4 Å². The Kier molecular flexibility index (Phi) is 2.08. The summed E-state index contributed by atoms with van der Waals surface area (Å²) in [6.45, 7) is 2.98. The third kappa shape index (κ3) is 1.86. The molecule has 2 rings (SSSR count). The van der Waals surface area contributed by atoms with Crippen LogP contribution in [0.4, 0.5) is 0 Å². The van der Waals surface area contributed by atoms with Gasteiger partial charge in [0.15, 0.2) is 0 Å². The van der Waals surface area contributed by atoms with Crippen molar-refractivity contribution in [1.29, 1.82) is 5.26 Å². The molecule has 1 heterocycles. The minimum atomic E-state index is -0.0521. The van der Waals surface area contributed by atoms with Crippen LogP contribution >= 0.6 is 0 Å². The van der Waals surface area contributed by atoms with E-state index in [4.69, 9.17) is 4.74 Å².